The van der Waals surface area contributed by atoms with Crippen LogP contribution in [0.2, 0.25) is 0 Å². The molecular formula is C18H19N5O2S. The third-order valence-corrected chi connectivity index (χ3v) is 5.27. The molecule has 0 aliphatic carbocycles. The number of aryl methyl sites for hydroxylation is 1. The fourth-order valence-electron chi connectivity index (χ4n) is 3.10. The minimum Gasteiger partial charge on any atom is -0.481 e. The number of hydrogen-bond acceptors (Lipinski definition) is 7. The lowest BCUT2D eigenvalue weighted by Crippen LogP contribution is -2.49. The highest BCUT2D eigenvalue weighted by Crippen LogP contribution is 2.22. The van der Waals surface area contributed by atoms with Crippen LogP contribution in [0.1, 0.15) is 16.2 Å². The molecule has 0 bridgehead atoms. The van der Waals surface area contributed by atoms with Crippen molar-refractivity contribution in [1.29, 1.82) is 0 Å². The number of hydrogen-bond donors (Lipinski definition) is 0. The Balaban J connectivity index is 1.46. The van der Waals surface area contributed by atoms with Gasteiger partial charge in [-0.25, -0.2) is 9.97 Å². The van der Waals surface area contributed by atoms with E-state index in [2.05, 4.69) is 19.9 Å². The lowest BCUT2D eigenvalue weighted by Gasteiger charge is -2.35. The van der Waals surface area contributed by atoms with Crippen molar-refractivity contribution in [2.24, 2.45) is 0 Å². The van der Waals surface area contributed by atoms with E-state index in [0.717, 1.165) is 34.7 Å². The van der Waals surface area contributed by atoms with Gasteiger partial charge in [-0.15, -0.1) is 11.3 Å². The van der Waals surface area contributed by atoms with Crippen LogP contribution >= 0.6 is 11.3 Å². The van der Waals surface area contributed by atoms with Gasteiger partial charge < -0.3 is 14.5 Å². The lowest BCUT2D eigenvalue weighted by atomic mass is 10.1. The number of carbonyl (C=O) groups is 1. The van der Waals surface area contributed by atoms with Gasteiger partial charge >= 0.3 is 0 Å². The molecule has 0 atom stereocenters. The Morgan fingerprint density at radius 2 is 1.96 bits per heavy atom. The zero-order chi connectivity index (χ0) is 18.1. The third-order valence-electron chi connectivity index (χ3n) is 4.48. The number of rotatable bonds is 3. The maximum Gasteiger partial charge on any atom is 0.254 e. The smallest absolute Gasteiger partial charge is 0.254 e. The monoisotopic (exact) mass is 369 g/mol. The molecule has 0 unspecified atom stereocenters. The Morgan fingerprint density at radius 3 is 2.73 bits per heavy atom. The molecule has 1 saturated heterocycles. The Bertz CT molecular complexity index is 950. The number of ether oxygens (including phenoxy) is 1. The van der Waals surface area contributed by atoms with Crippen LogP contribution in [0.5, 0.6) is 5.88 Å². The molecule has 1 aliphatic rings. The second-order valence-corrected chi connectivity index (χ2v) is 7.02. The molecule has 26 heavy (non-hydrogen) atoms. The van der Waals surface area contributed by atoms with Gasteiger partial charge in [-0.3, -0.25) is 4.79 Å². The quantitative estimate of drug-likeness (QED) is 0.706. The first-order chi connectivity index (χ1) is 12.6. The Kier molecular flexibility index (Phi) is 4.42. The topological polar surface area (TPSA) is 71.5 Å². The summed E-state index contributed by atoms with van der Waals surface area (Å²) in [5, 5.41) is 0. The summed E-state index contributed by atoms with van der Waals surface area (Å²) < 4.78 is 6.27. The van der Waals surface area contributed by atoms with Crippen LogP contribution in [0.4, 0.5) is 5.82 Å². The highest BCUT2D eigenvalue weighted by molar-refractivity contribution is 7.16. The fraction of sp³-hybridized carbons (Fsp3) is 0.333. The van der Waals surface area contributed by atoms with Crippen LogP contribution in [-0.2, 0) is 0 Å². The molecule has 0 N–H and O–H groups in total. The van der Waals surface area contributed by atoms with Crippen molar-refractivity contribution >= 4 is 33.3 Å². The van der Waals surface area contributed by atoms with Gasteiger partial charge in [0, 0.05) is 37.8 Å². The van der Waals surface area contributed by atoms with Crippen LogP contribution in [0.15, 0.2) is 29.8 Å². The summed E-state index contributed by atoms with van der Waals surface area (Å²) in [4.78, 5) is 29.8. The largest absolute Gasteiger partial charge is 0.481 e. The zero-order valence-corrected chi connectivity index (χ0v) is 15.5. The van der Waals surface area contributed by atoms with Crippen LogP contribution in [0, 0.1) is 6.92 Å². The minimum atomic E-state index is 0.0661. The number of aromatic nitrogens is 3. The first-order valence-electron chi connectivity index (χ1n) is 8.41. The van der Waals surface area contributed by atoms with E-state index in [-0.39, 0.29) is 5.91 Å². The van der Waals surface area contributed by atoms with E-state index in [9.17, 15) is 4.79 Å². The molecule has 8 heteroatoms. The van der Waals surface area contributed by atoms with Gasteiger partial charge in [-0.2, -0.15) is 4.98 Å². The van der Waals surface area contributed by atoms with E-state index in [1.807, 2.05) is 36.1 Å². The van der Waals surface area contributed by atoms with Crippen molar-refractivity contribution in [3.63, 3.8) is 0 Å². The Labute approximate surface area is 155 Å². The molecule has 0 radical (unpaired) electrons. The predicted octanol–water partition coefficient (Wildman–Crippen LogP) is 2.37. The molecule has 3 aromatic rings. The summed E-state index contributed by atoms with van der Waals surface area (Å²) in [5.41, 5.74) is 3.45. The molecule has 4 rings (SSSR count). The van der Waals surface area contributed by atoms with Crippen molar-refractivity contribution in [3.05, 3.63) is 41.2 Å². The maximum atomic E-state index is 12.8. The van der Waals surface area contributed by atoms with E-state index in [1.165, 1.54) is 0 Å². The van der Waals surface area contributed by atoms with E-state index in [0.29, 0.717) is 24.8 Å². The first kappa shape index (κ1) is 16.7. The van der Waals surface area contributed by atoms with Crippen LogP contribution in [0.3, 0.4) is 0 Å². The number of thiazole rings is 1. The highest BCUT2D eigenvalue weighted by atomic mass is 32.1. The molecule has 2 aromatic heterocycles. The van der Waals surface area contributed by atoms with Crippen molar-refractivity contribution in [2.75, 3.05) is 38.2 Å². The van der Waals surface area contributed by atoms with E-state index in [1.54, 1.807) is 24.0 Å². The molecule has 0 saturated carbocycles. The van der Waals surface area contributed by atoms with E-state index in [4.69, 9.17) is 4.74 Å². The van der Waals surface area contributed by atoms with Crippen molar-refractivity contribution in [2.45, 2.75) is 6.92 Å². The number of carbonyl (C=O) groups excluding carboxylic acids is 1. The number of piperazine rings is 1. The van der Waals surface area contributed by atoms with E-state index < -0.39 is 0 Å². The summed E-state index contributed by atoms with van der Waals surface area (Å²) in [6.07, 6.45) is 0. The minimum absolute atomic E-state index is 0.0661. The lowest BCUT2D eigenvalue weighted by molar-refractivity contribution is 0.0746. The Morgan fingerprint density at radius 1 is 1.15 bits per heavy atom. The molecule has 0 spiro atoms. The van der Waals surface area contributed by atoms with E-state index >= 15 is 0 Å². The standard InChI is InChI=1S/C18H19N5O2S/c1-12-20-16(10-17(21-12)25-2)22-5-7-23(8-6-22)18(24)13-3-4-14-15(9-13)26-11-19-14/h3-4,9-11H,5-8H2,1-2H3. The normalized spacial score (nSPS) is 14.7. The molecule has 1 aliphatic heterocycles. The number of benzene rings is 1. The first-order valence-corrected chi connectivity index (χ1v) is 9.29. The summed E-state index contributed by atoms with van der Waals surface area (Å²) in [6.45, 7) is 4.62. The van der Waals surface area contributed by atoms with Crippen molar-refractivity contribution < 1.29 is 9.53 Å². The third kappa shape index (κ3) is 3.20. The summed E-state index contributed by atoms with van der Waals surface area (Å²) >= 11 is 1.55. The van der Waals surface area contributed by atoms with Gasteiger partial charge in [0.15, 0.2) is 0 Å². The summed E-state index contributed by atoms with van der Waals surface area (Å²) in [7, 11) is 1.60. The van der Waals surface area contributed by atoms with Gasteiger partial charge in [0.1, 0.15) is 11.6 Å². The molecule has 7 nitrogen and oxygen atoms in total. The number of nitrogens with zero attached hydrogens (tertiary/aromatic N) is 5. The fourth-order valence-corrected chi connectivity index (χ4v) is 3.82. The molecule has 1 aromatic carbocycles. The predicted molar refractivity (Wildman–Crippen MR) is 101 cm³/mol. The van der Waals surface area contributed by atoms with Crippen LogP contribution in [-0.4, -0.2) is 59.0 Å². The number of amides is 1. The second kappa shape index (κ2) is 6.87. The average Bonchev–Trinajstić information content (AvgIpc) is 3.14. The molecule has 3 heterocycles. The summed E-state index contributed by atoms with van der Waals surface area (Å²) in [5.74, 6) is 2.14. The molecular weight excluding hydrogens is 350 g/mol. The van der Waals surface area contributed by atoms with Gasteiger partial charge in [-0.05, 0) is 25.1 Å². The van der Waals surface area contributed by atoms with Crippen LogP contribution in [0.25, 0.3) is 10.2 Å². The number of methoxy groups -OCH3 is 1. The summed E-state index contributed by atoms with van der Waals surface area (Å²) in [6, 6.07) is 7.53. The number of fused-ring (bicyclic) bond motifs is 1. The second-order valence-electron chi connectivity index (χ2n) is 6.13. The van der Waals surface area contributed by atoms with Gasteiger partial charge in [0.2, 0.25) is 5.88 Å². The van der Waals surface area contributed by atoms with Gasteiger partial charge in [0.25, 0.3) is 5.91 Å². The molecule has 1 amide bonds. The average molecular weight is 369 g/mol. The maximum absolute atomic E-state index is 12.8. The Hall–Kier alpha value is -2.74. The van der Waals surface area contributed by atoms with Crippen molar-refractivity contribution in [1.82, 2.24) is 19.9 Å². The van der Waals surface area contributed by atoms with Crippen LogP contribution < -0.4 is 9.64 Å². The number of anilines is 1. The molecule has 1 fully saturated rings. The SMILES string of the molecule is COc1cc(N2CCN(C(=O)c3ccc4ncsc4c3)CC2)nc(C)n1. The van der Waals surface area contributed by atoms with Crippen molar-refractivity contribution in [3.8, 4) is 5.88 Å². The van der Waals surface area contributed by atoms with Gasteiger partial charge in [-0.1, -0.05) is 0 Å². The van der Waals surface area contributed by atoms with Gasteiger partial charge in [0.05, 0.1) is 22.8 Å². The molecule has 134 valence electrons. The zero-order valence-electron chi connectivity index (χ0n) is 14.7. The highest BCUT2D eigenvalue weighted by Gasteiger charge is 2.23.